The molecular weight excluding hydrogens is 395 g/mol. The van der Waals surface area contributed by atoms with E-state index in [1.807, 2.05) is 30.4 Å². The van der Waals surface area contributed by atoms with Crippen molar-refractivity contribution in [3.05, 3.63) is 68.1 Å². The summed E-state index contributed by atoms with van der Waals surface area (Å²) in [7, 11) is 2.09. The van der Waals surface area contributed by atoms with Gasteiger partial charge >= 0.3 is 0 Å². The molecule has 0 atom stereocenters. The molecule has 2 aromatic rings. The average molecular weight is 410 g/mol. The number of aliphatic imine (C=N–C) groups is 1. The minimum Gasteiger partial charge on any atom is -0.372 e. The van der Waals surface area contributed by atoms with Gasteiger partial charge in [-0.2, -0.15) is 0 Å². The Labute approximate surface area is 154 Å². The standard InChI is InChI=1S/C18H15BrCl2N2/c1-23-9-8-22-17(14-5-4-13(19)11-18(14)23)7-3-12-2-6-15(20)16(21)10-12/h2-7,10-11H,8-9H2,1H3/b7-3+. The first kappa shape index (κ1) is 16.6. The lowest BCUT2D eigenvalue weighted by Crippen LogP contribution is -2.20. The fourth-order valence-corrected chi connectivity index (χ4v) is 3.15. The second kappa shape index (κ2) is 7.08. The molecule has 5 heteroatoms. The SMILES string of the molecule is CN1CCN=C(/C=C/c2ccc(Cl)c(Cl)c2)c2ccc(Br)cc21. The van der Waals surface area contributed by atoms with Crippen molar-refractivity contribution in [1.29, 1.82) is 0 Å². The molecule has 0 N–H and O–H groups in total. The van der Waals surface area contributed by atoms with E-state index in [0.717, 1.165) is 34.4 Å². The van der Waals surface area contributed by atoms with Crippen LogP contribution in [0, 0.1) is 0 Å². The van der Waals surface area contributed by atoms with Crippen LogP contribution in [0.3, 0.4) is 0 Å². The van der Waals surface area contributed by atoms with Gasteiger partial charge in [-0.25, -0.2) is 0 Å². The zero-order valence-corrected chi connectivity index (χ0v) is 15.7. The number of anilines is 1. The summed E-state index contributed by atoms with van der Waals surface area (Å²) in [5, 5.41) is 1.12. The normalized spacial score (nSPS) is 14.6. The minimum atomic E-state index is 0.556. The molecule has 2 aromatic carbocycles. The Morgan fingerprint density at radius 1 is 1.09 bits per heavy atom. The highest BCUT2D eigenvalue weighted by atomic mass is 79.9. The Morgan fingerprint density at radius 3 is 2.70 bits per heavy atom. The molecular formula is C18H15BrCl2N2. The third-order valence-corrected chi connectivity index (χ3v) is 4.97. The first-order valence-corrected chi connectivity index (χ1v) is 8.78. The van der Waals surface area contributed by atoms with Crippen molar-refractivity contribution in [2.75, 3.05) is 25.0 Å². The van der Waals surface area contributed by atoms with E-state index in [0.29, 0.717) is 10.0 Å². The molecule has 0 bridgehead atoms. The van der Waals surface area contributed by atoms with Gasteiger partial charge in [0.1, 0.15) is 0 Å². The lowest BCUT2D eigenvalue weighted by molar-refractivity contribution is 0.896. The number of hydrogen-bond acceptors (Lipinski definition) is 2. The average Bonchev–Trinajstić information content (AvgIpc) is 2.68. The van der Waals surface area contributed by atoms with Gasteiger partial charge < -0.3 is 4.90 Å². The number of likely N-dealkylation sites (N-methyl/N-ethyl adjacent to an activating group) is 1. The van der Waals surface area contributed by atoms with E-state index in [4.69, 9.17) is 28.2 Å². The molecule has 0 aliphatic carbocycles. The number of benzene rings is 2. The van der Waals surface area contributed by atoms with Gasteiger partial charge in [-0.15, -0.1) is 0 Å². The summed E-state index contributed by atoms with van der Waals surface area (Å²) >= 11 is 15.6. The number of halogens is 3. The molecule has 1 aliphatic rings. The smallest absolute Gasteiger partial charge is 0.0668 e. The number of nitrogens with zero attached hydrogens (tertiary/aromatic N) is 2. The summed E-state index contributed by atoms with van der Waals surface area (Å²) in [4.78, 5) is 6.94. The molecule has 0 radical (unpaired) electrons. The summed E-state index contributed by atoms with van der Waals surface area (Å²) in [5.41, 5.74) is 4.28. The van der Waals surface area contributed by atoms with Crippen LogP contribution < -0.4 is 4.90 Å². The second-order valence-electron chi connectivity index (χ2n) is 5.36. The highest BCUT2D eigenvalue weighted by molar-refractivity contribution is 9.10. The summed E-state index contributed by atoms with van der Waals surface area (Å²) in [6.45, 7) is 1.66. The number of fused-ring (bicyclic) bond motifs is 1. The lowest BCUT2D eigenvalue weighted by atomic mass is 10.1. The largest absolute Gasteiger partial charge is 0.372 e. The van der Waals surface area contributed by atoms with E-state index in [1.165, 1.54) is 5.69 Å². The molecule has 0 amide bonds. The maximum absolute atomic E-state index is 6.07. The van der Waals surface area contributed by atoms with Crippen LogP contribution in [0.15, 0.2) is 51.9 Å². The summed E-state index contributed by atoms with van der Waals surface area (Å²) < 4.78 is 1.07. The molecule has 118 valence electrons. The van der Waals surface area contributed by atoms with Crippen molar-refractivity contribution in [2.45, 2.75) is 0 Å². The number of rotatable bonds is 2. The molecule has 1 aliphatic heterocycles. The molecule has 0 fully saturated rings. The quantitative estimate of drug-likeness (QED) is 0.620. The van der Waals surface area contributed by atoms with Gasteiger partial charge in [0.05, 0.1) is 22.3 Å². The van der Waals surface area contributed by atoms with Crippen molar-refractivity contribution in [1.82, 2.24) is 0 Å². The predicted molar refractivity (Wildman–Crippen MR) is 104 cm³/mol. The van der Waals surface area contributed by atoms with E-state index in [1.54, 1.807) is 6.07 Å². The molecule has 2 nitrogen and oxygen atoms in total. The lowest BCUT2D eigenvalue weighted by Gasteiger charge is -2.19. The van der Waals surface area contributed by atoms with E-state index in [-0.39, 0.29) is 0 Å². The van der Waals surface area contributed by atoms with Gasteiger partial charge in [0.25, 0.3) is 0 Å². The van der Waals surface area contributed by atoms with Crippen molar-refractivity contribution < 1.29 is 0 Å². The predicted octanol–water partition coefficient (Wildman–Crippen LogP) is 5.71. The van der Waals surface area contributed by atoms with Crippen LogP contribution in [-0.4, -0.2) is 25.8 Å². The first-order chi connectivity index (χ1) is 11.0. The van der Waals surface area contributed by atoms with Crippen LogP contribution >= 0.6 is 39.1 Å². The van der Waals surface area contributed by atoms with Crippen LogP contribution in [0.25, 0.3) is 6.08 Å². The molecule has 23 heavy (non-hydrogen) atoms. The number of hydrogen-bond donors (Lipinski definition) is 0. The monoisotopic (exact) mass is 408 g/mol. The highest BCUT2D eigenvalue weighted by Gasteiger charge is 2.14. The molecule has 0 unspecified atom stereocenters. The number of benzodiazepines with no additional fused rings is 1. The van der Waals surface area contributed by atoms with E-state index < -0.39 is 0 Å². The van der Waals surface area contributed by atoms with Gasteiger partial charge in [-0.05, 0) is 42.0 Å². The molecule has 0 saturated heterocycles. The summed E-state index contributed by atoms with van der Waals surface area (Å²) in [6, 6.07) is 11.9. The molecule has 3 rings (SSSR count). The Bertz CT molecular complexity index is 800. The van der Waals surface area contributed by atoms with Crippen LogP contribution in [0.5, 0.6) is 0 Å². The third kappa shape index (κ3) is 3.79. The van der Waals surface area contributed by atoms with Gasteiger partial charge in [0.2, 0.25) is 0 Å². The zero-order chi connectivity index (χ0) is 16.4. The topological polar surface area (TPSA) is 15.6 Å². The van der Waals surface area contributed by atoms with Gasteiger partial charge in [-0.1, -0.05) is 51.3 Å². The Morgan fingerprint density at radius 2 is 1.91 bits per heavy atom. The highest BCUT2D eigenvalue weighted by Crippen LogP contribution is 2.28. The maximum atomic E-state index is 6.07. The van der Waals surface area contributed by atoms with Crippen molar-refractivity contribution in [3.8, 4) is 0 Å². The van der Waals surface area contributed by atoms with E-state index in [9.17, 15) is 0 Å². The number of allylic oxidation sites excluding steroid dienone is 1. The molecule has 0 aromatic heterocycles. The molecule has 1 heterocycles. The van der Waals surface area contributed by atoms with Crippen LogP contribution in [0.2, 0.25) is 10.0 Å². The van der Waals surface area contributed by atoms with Crippen molar-refractivity contribution in [2.24, 2.45) is 4.99 Å². The Kier molecular flexibility index (Phi) is 5.10. The Hall–Kier alpha value is -1.29. The summed E-state index contributed by atoms with van der Waals surface area (Å²) in [6.07, 6.45) is 4.05. The van der Waals surface area contributed by atoms with Crippen LogP contribution in [0.4, 0.5) is 5.69 Å². The Balaban J connectivity index is 1.96. The first-order valence-electron chi connectivity index (χ1n) is 7.23. The van der Waals surface area contributed by atoms with Crippen LogP contribution in [-0.2, 0) is 0 Å². The van der Waals surface area contributed by atoms with Gasteiger partial charge in [-0.3, -0.25) is 4.99 Å². The van der Waals surface area contributed by atoms with Crippen molar-refractivity contribution >= 4 is 56.6 Å². The molecule has 0 spiro atoms. The van der Waals surface area contributed by atoms with Crippen molar-refractivity contribution in [3.63, 3.8) is 0 Å². The molecule has 0 saturated carbocycles. The second-order valence-corrected chi connectivity index (χ2v) is 7.09. The van der Waals surface area contributed by atoms with Gasteiger partial charge in [0, 0.05) is 29.3 Å². The van der Waals surface area contributed by atoms with Gasteiger partial charge in [0.15, 0.2) is 0 Å². The fraction of sp³-hybridized carbons (Fsp3) is 0.167. The fourth-order valence-electron chi connectivity index (χ4n) is 2.50. The van der Waals surface area contributed by atoms with E-state index >= 15 is 0 Å². The third-order valence-electron chi connectivity index (χ3n) is 3.74. The maximum Gasteiger partial charge on any atom is 0.0668 e. The zero-order valence-electron chi connectivity index (χ0n) is 12.6. The summed E-state index contributed by atoms with van der Waals surface area (Å²) in [5.74, 6) is 0. The minimum absolute atomic E-state index is 0.556. The van der Waals surface area contributed by atoms with Crippen LogP contribution in [0.1, 0.15) is 11.1 Å². The van der Waals surface area contributed by atoms with E-state index in [2.05, 4.69) is 40.0 Å².